The van der Waals surface area contributed by atoms with Crippen LogP contribution >= 0.6 is 15.9 Å². The normalized spacial score (nSPS) is 14.0. The Morgan fingerprint density at radius 1 is 1.38 bits per heavy atom. The summed E-state index contributed by atoms with van der Waals surface area (Å²) < 4.78 is 8.20. The number of ether oxygens (including phenoxy) is 1. The Kier molecular flexibility index (Phi) is 5.42. The third kappa shape index (κ3) is 3.86. The van der Waals surface area contributed by atoms with E-state index in [0.29, 0.717) is 18.2 Å². The van der Waals surface area contributed by atoms with Crippen molar-refractivity contribution in [1.82, 2.24) is 9.78 Å². The summed E-state index contributed by atoms with van der Waals surface area (Å²) in [6.07, 6.45) is 2.84. The molecule has 0 amide bonds. The number of benzene rings is 1. The number of halogens is 1. The molecule has 114 valence electrons. The van der Waals surface area contributed by atoms with Gasteiger partial charge in [0.1, 0.15) is 5.75 Å². The number of hydrogen-bond donors (Lipinski definition) is 1. The van der Waals surface area contributed by atoms with Crippen molar-refractivity contribution in [2.75, 3.05) is 7.11 Å². The van der Waals surface area contributed by atoms with E-state index in [9.17, 15) is 5.11 Å². The van der Waals surface area contributed by atoms with E-state index >= 15 is 0 Å². The van der Waals surface area contributed by atoms with E-state index in [0.717, 1.165) is 22.2 Å². The van der Waals surface area contributed by atoms with Gasteiger partial charge in [0.2, 0.25) is 0 Å². The average molecular weight is 353 g/mol. The first-order chi connectivity index (χ1) is 10.0. The largest absolute Gasteiger partial charge is 0.496 e. The molecule has 4 nitrogen and oxygen atoms in total. The van der Waals surface area contributed by atoms with Crippen LogP contribution in [0, 0.1) is 0 Å². The minimum Gasteiger partial charge on any atom is -0.496 e. The molecule has 2 aromatic rings. The molecule has 1 N–H and O–H groups in total. The highest BCUT2D eigenvalue weighted by molar-refractivity contribution is 9.10. The second-order valence-electron chi connectivity index (χ2n) is 5.15. The number of aliphatic hydroxyl groups is 1. The third-order valence-electron chi connectivity index (χ3n) is 3.66. The molecular weight excluding hydrogens is 332 g/mol. The predicted octanol–water partition coefficient (Wildman–Crippen LogP) is 3.90. The topological polar surface area (TPSA) is 47.3 Å². The number of methoxy groups -OCH3 is 1. The molecule has 0 aliphatic carbocycles. The summed E-state index contributed by atoms with van der Waals surface area (Å²) in [7, 11) is 1.61. The molecule has 0 bridgehead atoms. The van der Waals surface area contributed by atoms with E-state index in [-0.39, 0.29) is 0 Å². The van der Waals surface area contributed by atoms with Gasteiger partial charge in [-0.1, -0.05) is 28.9 Å². The lowest BCUT2D eigenvalue weighted by Gasteiger charge is -2.14. The van der Waals surface area contributed by atoms with Gasteiger partial charge in [0, 0.05) is 28.7 Å². The molecule has 21 heavy (non-hydrogen) atoms. The Morgan fingerprint density at radius 3 is 2.81 bits per heavy atom. The van der Waals surface area contributed by atoms with E-state index in [1.807, 2.05) is 35.1 Å². The second kappa shape index (κ2) is 7.09. The summed E-state index contributed by atoms with van der Waals surface area (Å²) >= 11 is 3.40. The fraction of sp³-hybridized carbons (Fsp3) is 0.438. The molecular formula is C16H21BrN2O2. The van der Waals surface area contributed by atoms with Gasteiger partial charge < -0.3 is 9.84 Å². The third-order valence-corrected chi connectivity index (χ3v) is 4.16. The van der Waals surface area contributed by atoms with Crippen LogP contribution in [0.3, 0.4) is 0 Å². The Hall–Kier alpha value is -1.33. The fourth-order valence-corrected chi connectivity index (χ4v) is 2.53. The van der Waals surface area contributed by atoms with E-state index in [1.54, 1.807) is 7.11 Å². The average Bonchev–Trinajstić information content (AvgIpc) is 2.94. The number of hydrogen-bond acceptors (Lipinski definition) is 3. The van der Waals surface area contributed by atoms with Gasteiger partial charge in [-0.15, -0.1) is 0 Å². The van der Waals surface area contributed by atoms with E-state index < -0.39 is 6.10 Å². The van der Waals surface area contributed by atoms with Gasteiger partial charge >= 0.3 is 0 Å². The molecule has 1 heterocycles. The Bertz CT molecular complexity index is 598. The summed E-state index contributed by atoms with van der Waals surface area (Å²) in [5.41, 5.74) is 1.66. The van der Waals surface area contributed by atoms with Crippen LogP contribution in [0.1, 0.15) is 43.7 Å². The van der Waals surface area contributed by atoms with Crippen LogP contribution < -0.4 is 4.74 Å². The lowest BCUT2D eigenvalue weighted by Crippen LogP contribution is -2.07. The van der Waals surface area contributed by atoms with Crippen molar-refractivity contribution in [3.63, 3.8) is 0 Å². The van der Waals surface area contributed by atoms with Gasteiger partial charge in [-0.2, -0.15) is 5.10 Å². The first-order valence-corrected chi connectivity index (χ1v) is 7.90. The number of aliphatic hydroxyl groups excluding tert-OH is 1. The summed E-state index contributed by atoms with van der Waals surface area (Å²) in [5, 5.41) is 15.0. The van der Waals surface area contributed by atoms with Crippen molar-refractivity contribution in [3.05, 3.63) is 46.2 Å². The second-order valence-corrected chi connectivity index (χ2v) is 6.07. The number of aromatic nitrogens is 2. The van der Waals surface area contributed by atoms with Crippen LogP contribution in [0.15, 0.2) is 34.9 Å². The van der Waals surface area contributed by atoms with Gasteiger partial charge in [-0.05, 0) is 31.5 Å². The highest BCUT2D eigenvalue weighted by atomic mass is 79.9. The molecule has 0 saturated carbocycles. The lowest BCUT2D eigenvalue weighted by molar-refractivity contribution is 0.172. The van der Waals surface area contributed by atoms with Crippen LogP contribution in [0.2, 0.25) is 0 Å². The molecule has 0 fully saturated rings. The number of rotatable bonds is 6. The Balaban J connectivity index is 2.14. The van der Waals surface area contributed by atoms with E-state index in [1.165, 1.54) is 0 Å². The molecule has 1 aromatic heterocycles. The van der Waals surface area contributed by atoms with Crippen LogP contribution in [0.25, 0.3) is 0 Å². The summed E-state index contributed by atoms with van der Waals surface area (Å²) in [5.74, 6) is 0.679. The van der Waals surface area contributed by atoms with Gasteiger partial charge in [0.05, 0.1) is 18.9 Å². The maximum absolute atomic E-state index is 10.4. The molecule has 0 saturated heterocycles. The maximum Gasteiger partial charge on any atom is 0.125 e. The van der Waals surface area contributed by atoms with Crippen LogP contribution in [-0.2, 0) is 6.42 Å². The van der Waals surface area contributed by atoms with Crippen LogP contribution in [0.4, 0.5) is 0 Å². The first kappa shape index (κ1) is 16.0. The van der Waals surface area contributed by atoms with Crippen molar-refractivity contribution >= 4 is 15.9 Å². The van der Waals surface area contributed by atoms with Crippen molar-refractivity contribution in [2.45, 2.75) is 38.8 Å². The molecule has 0 aliphatic heterocycles. The molecule has 0 aliphatic rings. The standard InChI is InChI=1S/C16H21BrN2O2/c1-4-11(2)19-8-7-13(18-19)10-15(20)14-6-5-12(17)9-16(14)21-3/h5-9,11,15,20H,4,10H2,1-3H3. The molecule has 1 aromatic carbocycles. The highest BCUT2D eigenvalue weighted by Crippen LogP contribution is 2.30. The molecule has 2 unspecified atom stereocenters. The minimum atomic E-state index is -0.631. The highest BCUT2D eigenvalue weighted by Gasteiger charge is 2.16. The molecule has 0 spiro atoms. The molecule has 2 atom stereocenters. The van der Waals surface area contributed by atoms with Crippen LogP contribution in [-0.4, -0.2) is 22.0 Å². The summed E-state index contributed by atoms with van der Waals surface area (Å²) in [6.45, 7) is 4.26. The number of nitrogens with zero attached hydrogens (tertiary/aromatic N) is 2. The quantitative estimate of drug-likeness (QED) is 0.857. The lowest BCUT2D eigenvalue weighted by atomic mass is 10.0. The van der Waals surface area contributed by atoms with E-state index in [2.05, 4.69) is 34.9 Å². The first-order valence-electron chi connectivity index (χ1n) is 7.10. The van der Waals surface area contributed by atoms with Gasteiger partial charge in [-0.25, -0.2) is 0 Å². The smallest absolute Gasteiger partial charge is 0.125 e. The fourth-order valence-electron chi connectivity index (χ4n) is 2.19. The van der Waals surface area contributed by atoms with Gasteiger partial charge in [0.15, 0.2) is 0 Å². The zero-order valence-corrected chi connectivity index (χ0v) is 14.2. The summed E-state index contributed by atoms with van der Waals surface area (Å²) in [4.78, 5) is 0. The van der Waals surface area contributed by atoms with E-state index in [4.69, 9.17) is 4.74 Å². The SMILES string of the molecule is CCC(C)n1ccc(CC(O)c2ccc(Br)cc2OC)n1. The molecule has 0 radical (unpaired) electrons. The zero-order chi connectivity index (χ0) is 15.4. The minimum absolute atomic E-state index is 0.373. The van der Waals surface area contributed by atoms with Crippen molar-refractivity contribution in [3.8, 4) is 5.75 Å². The summed E-state index contributed by atoms with van der Waals surface area (Å²) in [6, 6.07) is 7.97. The Labute approximate surface area is 133 Å². The van der Waals surface area contributed by atoms with Gasteiger partial charge in [0.25, 0.3) is 0 Å². The van der Waals surface area contributed by atoms with Crippen molar-refractivity contribution in [1.29, 1.82) is 0 Å². The van der Waals surface area contributed by atoms with Crippen molar-refractivity contribution < 1.29 is 9.84 Å². The Morgan fingerprint density at radius 2 is 2.14 bits per heavy atom. The maximum atomic E-state index is 10.4. The van der Waals surface area contributed by atoms with Crippen molar-refractivity contribution in [2.24, 2.45) is 0 Å². The predicted molar refractivity (Wildman–Crippen MR) is 86.6 cm³/mol. The monoisotopic (exact) mass is 352 g/mol. The molecule has 2 rings (SSSR count). The zero-order valence-electron chi connectivity index (χ0n) is 12.6. The van der Waals surface area contributed by atoms with Gasteiger partial charge in [-0.3, -0.25) is 4.68 Å². The van der Waals surface area contributed by atoms with Crippen LogP contribution in [0.5, 0.6) is 5.75 Å². The molecule has 5 heteroatoms.